The Balaban J connectivity index is 1.63. The maximum Gasteiger partial charge on any atom is 0.227 e. The summed E-state index contributed by atoms with van der Waals surface area (Å²) in [7, 11) is 3.15. The summed E-state index contributed by atoms with van der Waals surface area (Å²) in [4.78, 5) is 15.1. The van der Waals surface area contributed by atoms with Gasteiger partial charge in [0.2, 0.25) is 5.91 Å². The lowest BCUT2D eigenvalue weighted by atomic mass is 9.91. The van der Waals surface area contributed by atoms with Gasteiger partial charge in [-0.2, -0.15) is 0 Å². The molecule has 0 fully saturated rings. The zero-order chi connectivity index (χ0) is 23.4. The summed E-state index contributed by atoms with van der Waals surface area (Å²) >= 11 is 0. The van der Waals surface area contributed by atoms with Crippen LogP contribution in [0.25, 0.3) is 0 Å². The molecule has 0 spiro atoms. The minimum atomic E-state index is -0.383. The van der Waals surface area contributed by atoms with Crippen LogP contribution in [-0.2, 0) is 17.6 Å². The normalized spacial score (nSPS) is 15.0. The molecular weight excluding hydrogens is 428 g/mol. The summed E-state index contributed by atoms with van der Waals surface area (Å²) in [5, 5.41) is 0. The smallest absolute Gasteiger partial charge is 0.227 e. The average molecular weight is 453 g/mol. The highest BCUT2D eigenvalue weighted by Gasteiger charge is 2.32. The predicted octanol–water partition coefficient (Wildman–Crippen LogP) is 4.73. The molecule has 0 saturated heterocycles. The van der Waals surface area contributed by atoms with Crippen LogP contribution in [0.2, 0.25) is 0 Å². The quantitative estimate of drug-likeness (QED) is 0.519. The lowest BCUT2D eigenvalue weighted by Crippen LogP contribution is -2.43. The van der Waals surface area contributed by atoms with Gasteiger partial charge in [0.05, 0.1) is 26.7 Å². The number of methoxy groups -OCH3 is 2. The molecule has 5 nitrogen and oxygen atoms in total. The van der Waals surface area contributed by atoms with Crippen LogP contribution in [0.15, 0.2) is 60.7 Å². The second-order valence-corrected chi connectivity index (χ2v) is 7.83. The third-order valence-corrected chi connectivity index (χ3v) is 5.81. The van der Waals surface area contributed by atoms with Gasteiger partial charge >= 0.3 is 0 Å². The molecule has 0 aromatic heterocycles. The summed E-state index contributed by atoms with van der Waals surface area (Å²) in [6, 6.07) is 15.1. The van der Waals surface area contributed by atoms with E-state index in [0.29, 0.717) is 30.2 Å². The Morgan fingerprint density at radius 2 is 1.55 bits per heavy atom. The van der Waals surface area contributed by atoms with Gasteiger partial charge in [-0.05, 0) is 71.6 Å². The highest BCUT2D eigenvalue weighted by atomic mass is 19.1. The minimum absolute atomic E-state index is 0.0882. The van der Waals surface area contributed by atoms with E-state index in [4.69, 9.17) is 14.2 Å². The van der Waals surface area contributed by atoms with Crippen LogP contribution in [0, 0.1) is 11.6 Å². The molecule has 0 saturated carbocycles. The van der Waals surface area contributed by atoms with E-state index in [2.05, 4.69) is 0 Å². The second kappa shape index (κ2) is 9.90. The number of rotatable bonds is 7. The maximum atomic E-state index is 13.3. The van der Waals surface area contributed by atoms with Crippen LogP contribution in [0.4, 0.5) is 8.78 Å². The van der Waals surface area contributed by atoms with Gasteiger partial charge in [-0.15, -0.1) is 0 Å². The van der Waals surface area contributed by atoms with Crippen molar-refractivity contribution in [3.8, 4) is 17.2 Å². The average Bonchev–Trinajstić information content (AvgIpc) is 2.83. The van der Waals surface area contributed by atoms with Crippen molar-refractivity contribution < 1.29 is 27.8 Å². The van der Waals surface area contributed by atoms with Gasteiger partial charge < -0.3 is 19.1 Å². The van der Waals surface area contributed by atoms with E-state index in [-0.39, 0.29) is 36.6 Å². The molecule has 172 valence electrons. The maximum absolute atomic E-state index is 13.3. The number of ether oxygens (including phenoxy) is 3. The number of fused-ring (bicyclic) bond motifs is 1. The fraction of sp³-hybridized carbons (Fsp3) is 0.269. The first-order valence-electron chi connectivity index (χ1n) is 10.7. The molecule has 1 heterocycles. The van der Waals surface area contributed by atoms with Crippen LogP contribution in [0.3, 0.4) is 0 Å². The molecule has 0 bridgehead atoms. The minimum Gasteiger partial charge on any atom is -0.493 e. The van der Waals surface area contributed by atoms with E-state index in [1.54, 1.807) is 43.4 Å². The van der Waals surface area contributed by atoms with Crippen molar-refractivity contribution in [3.05, 3.63) is 89.0 Å². The lowest BCUT2D eigenvalue weighted by molar-refractivity contribution is -0.134. The van der Waals surface area contributed by atoms with Crippen LogP contribution in [-0.4, -0.2) is 38.2 Å². The second-order valence-electron chi connectivity index (χ2n) is 7.83. The molecule has 33 heavy (non-hydrogen) atoms. The van der Waals surface area contributed by atoms with Crippen molar-refractivity contribution in [3.63, 3.8) is 0 Å². The van der Waals surface area contributed by atoms with Crippen molar-refractivity contribution in [2.45, 2.75) is 18.9 Å². The van der Waals surface area contributed by atoms with E-state index >= 15 is 0 Å². The largest absolute Gasteiger partial charge is 0.493 e. The number of halogens is 2. The van der Waals surface area contributed by atoms with Crippen molar-refractivity contribution in [1.29, 1.82) is 0 Å². The molecule has 0 unspecified atom stereocenters. The first-order chi connectivity index (χ1) is 16.0. The number of benzene rings is 3. The number of carbonyl (C=O) groups excluding carboxylic acids is 1. The third kappa shape index (κ3) is 5.08. The molecule has 3 aromatic rings. The Morgan fingerprint density at radius 3 is 2.18 bits per heavy atom. The van der Waals surface area contributed by atoms with Gasteiger partial charge in [0, 0.05) is 6.54 Å². The van der Waals surface area contributed by atoms with Gasteiger partial charge in [-0.1, -0.05) is 12.1 Å². The Morgan fingerprint density at radius 1 is 0.939 bits per heavy atom. The van der Waals surface area contributed by atoms with Gasteiger partial charge in [0.25, 0.3) is 0 Å². The van der Waals surface area contributed by atoms with Crippen molar-refractivity contribution in [1.82, 2.24) is 4.90 Å². The highest BCUT2D eigenvalue weighted by molar-refractivity contribution is 5.80. The van der Waals surface area contributed by atoms with Gasteiger partial charge in [-0.3, -0.25) is 4.79 Å². The first kappa shape index (κ1) is 22.6. The summed E-state index contributed by atoms with van der Waals surface area (Å²) < 4.78 is 43.4. The Kier molecular flexibility index (Phi) is 6.77. The molecule has 1 atom stereocenters. The molecule has 0 N–H and O–H groups in total. The van der Waals surface area contributed by atoms with E-state index in [1.165, 1.54) is 24.3 Å². The summed E-state index contributed by atoms with van der Waals surface area (Å²) in [5.41, 5.74) is 2.69. The number of hydrogen-bond acceptors (Lipinski definition) is 4. The molecule has 0 aliphatic carbocycles. The van der Waals surface area contributed by atoms with Crippen LogP contribution >= 0.6 is 0 Å². The van der Waals surface area contributed by atoms with E-state index in [1.807, 2.05) is 12.1 Å². The monoisotopic (exact) mass is 453 g/mol. The first-order valence-corrected chi connectivity index (χ1v) is 10.7. The standard InChI is InChI=1S/C26H25F2NO4/c1-31-24-14-18-11-12-29(26(30)13-17-3-5-19(27)6-4-17)23(22(18)15-25(24)32-2)16-33-21-9-7-20(28)8-10-21/h3-10,14-15,23H,11-13,16H2,1-2H3/t23-/m1/s1. The molecule has 4 rings (SSSR count). The van der Waals surface area contributed by atoms with Crippen molar-refractivity contribution in [2.75, 3.05) is 27.4 Å². The number of amides is 1. The van der Waals surface area contributed by atoms with Crippen LogP contribution < -0.4 is 14.2 Å². The Hall–Kier alpha value is -3.61. The fourth-order valence-electron chi connectivity index (χ4n) is 4.09. The van der Waals surface area contributed by atoms with Gasteiger partial charge in [0.1, 0.15) is 24.0 Å². The lowest BCUT2D eigenvalue weighted by Gasteiger charge is -2.37. The van der Waals surface area contributed by atoms with Gasteiger partial charge in [0.15, 0.2) is 11.5 Å². The zero-order valence-electron chi connectivity index (χ0n) is 18.5. The van der Waals surface area contributed by atoms with E-state index in [9.17, 15) is 13.6 Å². The Bertz CT molecular complexity index is 1120. The fourth-order valence-corrected chi connectivity index (χ4v) is 4.09. The van der Waals surface area contributed by atoms with Gasteiger partial charge in [-0.25, -0.2) is 8.78 Å². The molecule has 1 amide bonds. The molecule has 0 radical (unpaired) electrons. The van der Waals surface area contributed by atoms with E-state index < -0.39 is 0 Å². The molecule has 1 aliphatic heterocycles. The molecule has 1 aliphatic rings. The molecule has 7 heteroatoms. The van der Waals surface area contributed by atoms with Crippen LogP contribution in [0.5, 0.6) is 17.2 Å². The predicted molar refractivity (Wildman–Crippen MR) is 120 cm³/mol. The van der Waals surface area contributed by atoms with Crippen molar-refractivity contribution in [2.24, 2.45) is 0 Å². The summed E-state index contributed by atoms with van der Waals surface area (Å²) in [6.07, 6.45) is 0.799. The number of nitrogens with zero attached hydrogens (tertiary/aromatic N) is 1. The third-order valence-electron chi connectivity index (χ3n) is 5.81. The topological polar surface area (TPSA) is 48.0 Å². The Labute approximate surface area is 191 Å². The number of hydrogen-bond donors (Lipinski definition) is 0. The zero-order valence-corrected chi connectivity index (χ0v) is 18.5. The summed E-state index contributed by atoms with van der Waals surface area (Å²) in [5.74, 6) is 0.920. The highest BCUT2D eigenvalue weighted by Crippen LogP contribution is 2.38. The summed E-state index contributed by atoms with van der Waals surface area (Å²) in [6.45, 7) is 0.684. The molecular formula is C26H25F2NO4. The van der Waals surface area contributed by atoms with Crippen LogP contribution in [0.1, 0.15) is 22.7 Å². The van der Waals surface area contributed by atoms with Crippen molar-refractivity contribution >= 4 is 5.91 Å². The SMILES string of the molecule is COc1cc2c(cc1OC)[C@@H](COc1ccc(F)cc1)N(C(=O)Cc1ccc(F)cc1)CC2. The van der Waals surface area contributed by atoms with E-state index in [0.717, 1.165) is 16.7 Å². The molecule has 3 aromatic carbocycles. The number of carbonyl (C=O) groups is 1.